The highest BCUT2D eigenvalue weighted by molar-refractivity contribution is 5.68. The predicted molar refractivity (Wildman–Crippen MR) is 71.6 cm³/mol. The molecule has 1 rings (SSSR count). The van der Waals surface area contributed by atoms with Gasteiger partial charge in [-0.25, -0.2) is 4.79 Å². The molecular formula is C14H24N2O3. The molecule has 1 aliphatic heterocycles. The first-order valence-electron chi connectivity index (χ1n) is 6.76. The molecule has 0 unspecified atom stereocenters. The van der Waals surface area contributed by atoms with E-state index in [2.05, 4.69) is 6.07 Å². The van der Waals surface area contributed by atoms with Crippen LogP contribution in [0.5, 0.6) is 0 Å². The maximum absolute atomic E-state index is 11.9. The standard InChI is InChI=1S/C14H24N2O3/c1-14(2,3)19-13(17)16(4)12(10-15)9-11-5-7-18-8-6-11/h11-12H,5-9H2,1-4H3/t12-/m0/s1. The molecule has 0 bridgehead atoms. The molecule has 108 valence electrons. The van der Waals surface area contributed by atoms with Crippen molar-refractivity contribution in [2.45, 2.75) is 51.7 Å². The SMILES string of the molecule is CN(C(=O)OC(C)(C)C)[C@H](C#N)CC1CCOCC1. The van der Waals surface area contributed by atoms with Crippen LogP contribution in [0.4, 0.5) is 4.79 Å². The van der Waals surface area contributed by atoms with Gasteiger partial charge in [0, 0.05) is 20.3 Å². The highest BCUT2D eigenvalue weighted by atomic mass is 16.6. The topological polar surface area (TPSA) is 62.6 Å². The first-order valence-corrected chi connectivity index (χ1v) is 6.76. The Bertz CT molecular complexity index is 338. The van der Waals surface area contributed by atoms with Crippen LogP contribution in [0.1, 0.15) is 40.0 Å². The Kier molecular flexibility index (Phi) is 5.61. The molecule has 0 N–H and O–H groups in total. The van der Waals surface area contributed by atoms with E-state index >= 15 is 0 Å². The van der Waals surface area contributed by atoms with Crippen molar-refractivity contribution in [2.75, 3.05) is 20.3 Å². The van der Waals surface area contributed by atoms with Gasteiger partial charge in [-0.15, -0.1) is 0 Å². The van der Waals surface area contributed by atoms with Gasteiger partial charge < -0.3 is 9.47 Å². The van der Waals surface area contributed by atoms with Crippen LogP contribution in [0.15, 0.2) is 0 Å². The summed E-state index contributed by atoms with van der Waals surface area (Å²) in [4.78, 5) is 13.3. The fourth-order valence-corrected chi connectivity index (χ4v) is 2.06. The molecule has 5 nitrogen and oxygen atoms in total. The van der Waals surface area contributed by atoms with Gasteiger partial charge in [-0.05, 0) is 46.0 Å². The predicted octanol–water partition coefficient (Wildman–Crippen LogP) is 2.56. The van der Waals surface area contributed by atoms with Crippen LogP contribution in [0.2, 0.25) is 0 Å². The minimum atomic E-state index is -0.538. The van der Waals surface area contributed by atoms with Gasteiger partial charge in [-0.3, -0.25) is 4.90 Å². The third kappa shape index (κ3) is 5.48. The van der Waals surface area contributed by atoms with E-state index < -0.39 is 17.7 Å². The van der Waals surface area contributed by atoms with E-state index in [-0.39, 0.29) is 0 Å². The van der Waals surface area contributed by atoms with Crippen LogP contribution < -0.4 is 0 Å². The second-order valence-corrected chi connectivity index (χ2v) is 6.03. The summed E-state index contributed by atoms with van der Waals surface area (Å²) in [7, 11) is 1.63. The number of rotatable bonds is 3. The zero-order valence-electron chi connectivity index (χ0n) is 12.3. The van der Waals surface area contributed by atoms with E-state index in [1.807, 2.05) is 20.8 Å². The van der Waals surface area contributed by atoms with Gasteiger partial charge >= 0.3 is 6.09 Å². The van der Waals surface area contributed by atoms with E-state index in [9.17, 15) is 10.1 Å². The first-order chi connectivity index (χ1) is 8.83. The van der Waals surface area contributed by atoms with E-state index in [4.69, 9.17) is 9.47 Å². The third-order valence-corrected chi connectivity index (χ3v) is 3.20. The summed E-state index contributed by atoms with van der Waals surface area (Å²) in [6.07, 6.45) is 2.17. The van der Waals surface area contributed by atoms with E-state index in [1.165, 1.54) is 4.90 Å². The van der Waals surface area contributed by atoms with Gasteiger partial charge in [0.1, 0.15) is 11.6 Å². The van der Waals surface area contributed by atoms with Crippen LogP contribution in [-0.2, 0) is 9.47 Å². The maximum Gasteiger partial charge on any atom is 0.411 e. The number of hydrogen-bond donors (Lipinski definition) is 0. The normalized spacial score (nSPS) is 18.5. The minimum absolute atomic E-state index is 0.432. The lowest BCUT2D eigenvalue weighted by molar-refractivity contribution is 0.0205. The molecule has 1 heterocycles. The zero-order chi connectivity index (χ0) is 14.5. The molecule has 0 spiro atoms. The smallest absolute Gasteiger partial charge is 0.411 e. The number of nitrogens with zero attached hydrogens (tertiary/aromatic N) is 2. The van der Waals surface area contributed by atoms with Crippen LogP contribution >= 0.6 is 0 Å². The van der Waals surface area contributed by atoms with Gasteiger partial charge in [0.2, 0.25) is 0 Å². The number of ether oxygens (including phenoxy) is 2. The third-order valence-electron chi connectivity index (χ3n) is 3.20. The Morgan fingerprint density at radius 2 is 2.05 bits per heavy atom. The largest absolute Gasteiger partial charge is 0.444 e. The second kappa shape index (κ2) is 6.76. The molecule has 1 saturated heterocycles. The minimum Gasteiger partial charge on any atom is -0.444 e. The van der Waals surface area contributed by atoms with Crippen molar-refractivity contribution in [2.24, 2.45) is 5.92 Å². The molecule has 0 aliphatic carbocycles. The lowest BCUT2D eigenvalue weighted by Gasteiger charge is -2.30. The highest BCUT2D eigenvalue weighted by Crippen LogP contribution is 2.22. The summed E-state index contributed by atoms with van der Waals surface area (Å²) in [6.45, 7) is 6.95. The van der Waals surface area contributed by atoms with Crippen LogP contribution in [0, 0.1) is 17.2 Å². The molecule has 1 fully saturated rings. The highest BCUT2D eigenvalue weighted by Gasteiger charge is 2.28. The van der Waals surface area contributed by atoms with Crippen LogP contribution in [0.25, 0.3) is 0 Å². The quantitative estimate of drug-likeness (QED) is 0.789. The van der Waals surface area contributed by atoms with Crippen molar-refractivity contribution < 1.29 is 14.3 Å². The second-order valence-electron chi connectivity index (χ2n) is 6.03. The molecule has 0 aromatic rings. The summed E-state index contributed by atoms with van der Waals surface area (Å²) in [6, 6.07) is 1.77. The fourth-order valence-electron chi connectivity index (χ4n) is 2.06. The number of amides is 1. The van der Waals surface area contributed by atoms with Crippen molar-refractivity contribution in [3.05, 3.63) is 0 Å². The Morgan fingerprint density at radius 3 is 2.53 bits per heavy atom. The molecule has 5 heteroatoms. The summed E-state index contributed by atoms with van der Waals surface area (Å²) < 4.78 is 10.6. The Morgan fingerprint density at radius 1 is 1.47 bits per heavy atom. The number of hydrogen-bond acceptors (Lipinski definition) is 4. The summed E-state index contributed by atoms with van der Waals surface area (Å²) in [5.74, 6) is 0.447. The lowest BCUT2D eigenvalue weighted by atomic mass is 9.92. The van der Waals surface area contributed by atoms with Crippen molar-refractivity contribution in [1.82, 2.24) is 4.90 Å². The summed E-state index contributed by atoms with van der Waals surface area (Å²) in [5.41, 5.74) is -0.538. The maximum atomic E-state index is 11.9. The average molecular weight is 268 g/mol. The zero-order valence-corrected chi connectivity index (χ0v) is 12.3. The summed E-state index contributed by atoms with van der Waals surface area (Å²) in [5, 5.41) is 9.24. The van der Waals surface area contributed by atoms with Crippen molar-refractivity contribution in [1.29, 1.82) is 5.26 Å². The Balaban J connectivity index is 2.53. The van der Waals surface area contributed by atoms with Gasteiger partial charge in [0.25, 0.3) is 0 Å². The molecule has 0 aromatic carbocycles. The molecular weight excluding hydrogens is 244 g/mol. The molecule has 0 radical (unpaired) electrons. The molecule has 1 atom stereocenters. The van der Waals surface area contributed by atoms with E-state index in [0.717, 1.165) is 26.1 Å². The van der Waals surface area contributed by atoms with Crippen LogP contribution in [0.3, 0.4) is 0 Å². The monoisotopic (exact) mass is 268 g/mol. The van der Waals surface area contributed by atoms with Gasteiger partial charge in [0.15, 0.2) is 0 Å². The van der Waals surface area contributed by atoms with Gasteiger partial charge in [-0.1, -0.05) is 0 Å². The molecule has 1 aliphatic rings. The number of carbonyl (C=O) groups is 1. The average Bonchev–Trinajstić information content (AvgIpc) is 2.34. The number of carbonyl (C=O) groups excluding carboxylic acids is 1. The summed E-state index contributed by atoms with van der Waals surface area (Å²) >= 11 is 0. The lowest BCUT2D eigenvalue weighted by Crippen LogP contribution is -2.41. The van der Waals surface area contributed by atoms with E-state index in [1.54, 1.807) is 7.05 Å². The van der Waals surface area contributed by atoms with Crippen molar-refractivity contribution in [3.8, 4) is 6.07 Å². The molecule has 0 saturated carbocycles. The van der Waals surface area contributed by atoms with Crippen molar-refractivity contribution in [3.63, 3.8) is 0 Å². The number of nitriles is 1. The molecule has 1 amide bonds. The Labute approximate surface area is 115 Å². The van der Waals surface area contributed by atoms with Crippen molar-refractivity contribution >= 4 is 6.09 Å². The van der Waals surface area contributed by atoms with Crippen LogP contribution in [-0.4, -0.2) is 42.9 Å². The Hall–Kier alpha value is -1.28. The fraction of sp³-hybridized carbons (Fsp3) is 0.857. The molecule has 0 aromatic heterocycles. The van der Waals surface area contributed by atoms with E-state index in [0.29, 0.717) is 12.3 Å². The van der Waals surface area contributed by atoms with Gasteiger partial charge in [0.05, 0.1) is 6.07 Å². The van der Waals surface area contributed by atoms with Gasteiger partial charge in [-0.2, -0.15) is 5.26 Å². The first kappa shape index (κ1) is 15.8. The molecule has 19 heavy (non-hydrogen) atoms.